The molecule has 0 aliphatic carbocycles. The first-order valence-corrected chi connectivity index (χ1v) is 13.3. The Bertz CT molecular complexity index is 1430. The number of nitrogens with zero attached hydrogens (tertiary/aromatic N) is 6. The third-order valence-electron chi connectivity index (χ3n) is 7.36. The summed E-state index contributed by atoms with van der Waals surface area (Å²) in [6.45, 7) is 15.6. The molecule has 1 aliphatic rings. The number of anilines is 2. The number of piperazine rings is 1. The molecule has 1 saturated heterocycles. The molecular formula is C29H35F2N7. The maximum Gasteiger partial charge on any atom is 0.229 e. The predicted molar refractivity (Wildman–Crippen MR) is 148 cm³/mol. The molecule has 1 aliphatic heterocycles. The summed E-state index contributed by atoms with van der Waals surface area (Å²) in [6, 6.07) is 9.51. The highest BCUT2D eigenvalue weighted by Crippen LogP contribution is 2.32. The minimum atomic E-state index is -0.616. The summed E-state index contributed by atoms with van der Waals surface area (Å²) < 4.78 is 31.9. The van der Waals surface area contributed by atoms with Gasteiger partial charge in [0.15, 0.2) is 5.82 Å². The molecular weight excluding hydrogens is 484 g/mol. The highest BCUT2D eigenvalue weighted by molar-refractivity contribution is 5.87. The second-order valence-corrected chi connectivity index (χ2v) is 10.4. The molecule has 0 amide bonds. The molecule has 38 heavy (non-hydrogen) atoms. The molecule has 0 spiro atoms. The van der Waals surface area contributed by atoms with Crippen LogP contribution in [-0.4, -0.2) is 61.5 Å². The van der Waals surface area contributed by atoms with E-state index in [1.807, 2.05) is 49.7 Å². The Morgan fingerprint density at radius 3 is 2.55 bits per heavy atom. The number of hydrogen-bond donors (Lipinski definition) is 1. The Morgan fingerprint density at radius 1 is 1.05 bits per heavy atom. The fraction of sp³-hybridized carbons (Fsp3) is 0.414. The summed E-state index contributed by atoms with van der Waals surface area (Å²) in [4.78, 5) is 17.9. The lowest BCUT2D eigenvalue weighted by atomic mass is 10.1. The number of halogens is 2. The molecule has 4 aromatic rings. The third-order valence-corrected chi connectivity index (χ3v) is 7.36. The Hall–Kier alpha value is -3.43. The van der Waals surface area contributed by atoms with Gasteiger partial charge < -0.3 is 9.88 Å². The highest BCUT2D eigenvalue weighted by atomic mass is 19.1. The van der Waals surface area contributed by atoms with E-state index in [4.69, 9.17) is 0 Å². The van der Waals surface area contributed by atoms with Crippen LogP contribution in [0.25, 0.3) is 22.2 Å². The minimum Gasteiger partial charge on any atom is -0.342 e. The van der Waals surface area contributed by atoms with E-state index in [1.165, 1.54) is 6.07 Å². The van der Waals surface area contributed by atoms with Crippen molar-refractivity contribution in [3.8, 4) is 11.3 Å². The Kier molecular flexibility index (Phi) is 7.40. The van der Waals surface area contributed by atoms with Gasteiger partial charge in [0.2, 0.25) is 5.95 Å². The van der Waals surface area contributed by atoms with Crippen molar-refractivity contribution in [3.63, 3.8) is 0 Å². The number of rotatable bonds is 7. The largest absolute Gasteiger partial charge is 0.342 e. The molecule has 3 aromatic heterocycles. The van der Waals surface area contributed by atoms with E-state index in [-0.39, 0.29) is 17.7 Å². The molecule has 200 valence electrons. The van der Waals surface area contributed by atoms with Gasteiger partial charge >= 0.3 is 0 Å². The van der Waals surface area contributed by atoms with Crippen LogP contribution in [-0.2, 0) is 6.54 Å². The zero-order valence-corrected chi connectivity index (χ0v) is 22.7. The van der Waals surface area contributed by atoms with Gasteiger partial charge in [0.25, 0.3) is 0 Å². The molecule has 1 atom stereocenters. The lowest BCUT2D eigenvalue weighted by molar-refractivity contribution is 0.0834. The van der Waals surface area contributed by atoms with Crippen LogP contribution in [0.3, 0.4) is 0 Å². The maximum atomic E-state index is 15.0. The van der Waals surface area contributed by atoms with Gasteiger partial charge in [-0.25, -0.2) is 23.7 Å². The van der Waals surface area contributed by atoms with Crippen LogP contribution in [0, 0.1) is 18.6 Å². The number of fused-ring (bicyclic) bond motifs is 1. The summed E-state index contributed by atoms with van der Waals surface area (Å²) in [7, 11) is 0. The third kappa shape index (κ3) is 5.26. The number of likely N-dealkylation sites (N-methyl/N-ethyl adjacent to an activating group) is 1. The first-order chi connectivity index (χ1) is 18.2. The predicted octanol–water partition coefficient (Wildman–Crippen LogP) is 5.93. The summed E-state index contributed by atoms with van der Waals surface area (Å²) in [5.41, 5.74) is 3.18. The maximum absolute atomic E-state index is 15.0. The number of pyridine rings is 1. The van der Waals surface area contributed by atoms with E-state index >= 15 is 4.39 Å². The van der Waals surface area contributed by atoms with Gasteiger partial charge in [-0.3, -0.25) is 9.80 Å². The Labute approximate surface area is 222 Å². The number of benzene rings is 1. The normalized spacial score (nSPS) is 17.0. The van der Waals surface area contributed by atoms with E-state index in [1.54, 1.807) is 6.07 Å². The molecule has 0 saturated carbocycles. The van der Waals surface area contributed by atoms with Crippen LogP contribution in [0.2, 0.25) is 0 Å². The average Bonchev–Trinajstić information content (AvgIpc) is 3.23. The molecule has 1 N–H and O–H groups in total. The summed E-state index contributed by atoms with van der Waals surface area (Å²) >= 11 is 0. The van der Waals surface area contributed by atoms with Gasteiger partial charge in [-0.1, -0.05) is 13.0 Å². The molecule has 0 bridgehead atoms. The summed E-state index contributed by atoms with van der Waals surface area (Å²) in [6.07, 6.45) is 2.94. The van der Waals surface area contributed by atoms with Crippen LogP contribution in [0.1, 0.15) is 45.0 Å². The zero-order valence-electron chi connectivity index (χ0n) is 22.7. The molecule has 1 fully saturated rings. The van der Waals surface area contributed by atoms with Crippen LogP contribution < -0.4 is 5.32 Å². The average molecular weight is 520 g/mol. The van der Waals surface area contributed by atoms with Gasteiger partial charge in [0.05, 0.1) is 11.7 Å². The van der Waals surface area contributed by atoms with Crippen molar-refractivity contribution in [3.05, 3.63) is 65.6 Å². The van der Waals surface area contributed by atoms with E-state index in [2.05, 4.69) is 43.9 Å². The topological polar surface area (TPSA) is 62.1 Å². The molecule has 5 rings (SSSR count). The van der Waals surface area contributed by atoms with Crippen LogP contribution in [0.15, 0.2) is 42.7 Å². The van der Waals surface area contributed by atoms with Gasteiger partial charge in [-0.15, -0.1) is 0 Å². The lowest BCUT2D eigenvalue weighted by Gasteiger charge is -2.39. The van der Waals surface area contributed by atoms with Crippen molar-refractivity contribution in [2.24, 2.45) is 0 Å². The lowest BCUT2D eigenvalue weighted by Crippen LogP contribution is -2.51. The quantitative estimate of drug-likeness (QED) is 0.327. The monoisotopic (exact) mass is 519 g/mol. The van der Waals surface area contributed by atoms with E-state index in [9.17, 15) is 4.39 Å². The van der Waals surface area contributed by atoms with E-state index < -0.39 is 11.6 Å². The first kappa shape index (κ1) is 26.2. The minimum absolute atomic E-state index is 0.0365. The Morgan fingerprint density at radius 2 is 1.87 bits per heavy atom. The molecule has 9 heteroatoms. The fourth-order valence-corrected chi connectivity index (χ4v) is 5.51. The second kappa shape index (κ2) is 10.7. The van der Waals surface area contributed by atoms with Crippen molar-refractivity contribution in [1.29, 1.82) is 0 Å². The Balaban J connectivity index is 1.34. The van der Waals surface area contributed by atoms with E-state index in [0.29, 0.717) is 28.3 Å². The molecule has 0 radical (unpaired) electrons. The van der Waals surface area contributed by atoms with Crippen molar-refractivity contribution in [2.45, 2.75) is 53.2 Å². The van der Waals surface area contributed by atoms with Crippen molar-refractivity contribution >= 4 is 22.7 Å². The molecule has 1 aromatic carbocycles. The summed E-state index contributed by atoms with van der Waals surface area (Å²) in [5, 5.41) is 3.57. The number of hydrogen-bond acceptors (Lipinski definition) is 6. The number of nitrogens with one attached hydrogen (secondary N) is 1. The van der Waals surface area contributed by atoms with Crippen LogP contribution in [0.5, 0.6) is 0 Å². The highest BCUT2D eigenvalue weighted by Gasteiger charge is 2.22. The van der Waals surface area contributed by atoms with Gasteiger partial charge in [0.1, 0.15) is 17.3 Å². The fourth-order valence-electron chi connectivity index (χ4n) is 5.51. The van der Waals surface area contributed by atoms with Gasteiger partial charge in [0, 0.05) is 61.1 Å². The number of aromatic nitrogens is 4. The smallest absolute Gasteiger partial charge is 0.229 e. The molecule has 1 unspecified atom stereocenters. The number of aryl methyl sites for hydroxylation is 1. The van der Waals surface area contributed by atoms with Gasteiger partial charge in [-0.05, 0) is 64.1 Å². The molecule has 4 heterocycles. The SMILES string of the molecule is CCN1CCN(Cc2ccc(Nc3ncc(F)c(-c4cc(F)c5cc(C)n(C(C)C)c5c4)n3)nc2)CC1C. The zero-order chi connectivity index (χ0) is 27.0. The van der Waals surface area contributed by atoms with E-state index in [0.717, 1.165) is 50.2 Å². The van der Waals surface area contributed by atoms with Crippen LogP contribution in [0.4, 0.5) is 20.5 Å². The van der Waals surface area contributed by atoms with Crippen molar-refractivity contribution in [2.75, 3.05) is 31.5 Å². The van der Waals surface area contributed by atoms with Gasteiger partial charge in [-0.2, -0.15) is 0 Å². The van der Waals surface area contributed by atoms with Crippen molar-refractivity contribution in [1.82, 2.24) is 29.3 Å². The van der Waals surface area contributed by atoms with Crippen molar-refractivity contribution < 1.29 is 8.78 Å². The summed E-state index contributed by atoms with van der Waals surface area (Å²) in [5.74, 6) is -0.270. The molecule has 7 nitrogen and oxygen atoms in total. The first-order valence-electron chi connectivity index (χ1n) is 13.3. The second-order valence-electron chi connectivity index (χ2n) is 10.4. The standard InChI is InChI=1S/C29H35F2N7/c1-6-37-10-9-36(16-20(37)5)17-21-7-8-27(32-14-21)34-29-33-15-25(31)28(35-29)22-12-24(30)23-11-19(4)38(18(2)3)26(23)13-22/h7-8,11-15,18,20H,6,9-10,16-17H2,1-5H3,(H,32,33,34,35). The van der Waals surface area contributed by atoms with Crippen LogP contribution >= 0.6 is 0 Å².